The summed E-state index contributed by atoms with van der Waals surface area (Å²) in [6.07, 6.45) is 3.01. The summed E-state index contributed by atoms with van der Waals surface area (Å²) in [6.45, 7) is 0. The number of rotatable bonds is 4. The van der Waals surface area contributed by atoms with Gasteiger partial charge in [0.15, 0.2) is 5.11 Å². The van der Waals surface area contributed by atoms with E-state index in [1.54, 1.807) is 31.4 Å². The van der Waals surface area contributed by atoms with Gasteiger partial charge in [-0.3, -0.25) is 10.1 Å². The average Bonchev–Trinajstić information content (AvgIpc) is 2.53. The predicted octanol–water partition coefficient (Wildman–Crippen LogP) is 2.93. The Morgan fingerprint density at radius 1 is 1.22 bits per heavy atom. The molecule has 6 heteroatoms. The van der Waals surface area contributed by atoms with Crippen LogP contribution < -0.4 is 15.4 Å². The monoisotopic (exact) mass is 328 g/mol. The van der Waals surface area contributed by atoms with Crippen molar-refractivity contribution in [1.29, 1.82) is 0 Å². The molecule has 0 aliphatic heterocycles. The number of hydrogen-bond acceptors (Lipinski definition) is 4. The summed E-state index contributed by atoms with van der Waals surface area (Å²) >= 11 is 5.05. The van der Waals surface area contributed by atoms with Crippen molar-refractivity contribution in [3.63, 3.8) is 0 Å². The molecule has 0 aromatic heterocycles. The molecule has 0 spiro atoms. The number of hydrogen-bond donors (Lipinski definition) is 3. The Hall–Kier alpha value is -2.86. The first-order valence-corrected chi connectivity index (χ1v) is 7.21. The quantitative estimate of drug-likeness (QED) is 0.595. The number of carbonyl (C=O) groups excluding carboxylic acids is 1. The number of benzene rings is 2. The van der Waals surface area contributed by atoms with Crippen LogP contribution in [0.4, 0.5) is 5.69 Å². The van der Waals surface area contributed by atoms with Gasteiger partial charge < -0.3 is 15.2 Å². The lowest BCUT2D eigenvalue weighted by Crippen LogP contribution is -2.32. The van der Waals surface area contributed by atoms with E-state index in [9.17, 15) is 9.90 Å². The van der Waals surface area contributed by atoms with E-state index in [2.05, 4.69) is 10.6 Å². The smallest absolute Gasteiger partial charge is 0.250 e. The number of methoxy groups -OCH3 is 1. The predicted molar refractivity (Wildman–Crippen MR) is 94.5 cm³/mol. The molecule has 0 heterocycles. The first-order valence-electron chi connectivity index (χ1n) is 6.80. The maximum absolute atomic E-state index is 11.9. The van der Waals surface area contributed by atoms with E-state index in [-0.39, 0.29) is 16.8 Å². The van der Waals surface area contributed by atoms with Crippen LogP contribution >= 0.6 is 12.2 Å². The highest BCUT2D eigenvalue weighted by atomic mass is 32.1. The fourth-order valence-electron chi connectivity index (χ4n) is 1.87. The number of anilines is 1. The van der Waals surface area contributed by atoms with E-state index in [0.29, 0.717) is 11.4 Å². The fourth-order valence-corrected chi connectivity index (χ4v) is 2.09. The number of ether oxygens (including phenoxy) is 1. The zero-order valence-corrected chi connectivity index (χ0v) is 13.3. The molecular formula is C17H16N2O3S. The summed E-state index contributed by atoms with van der Waals surface area (Å²) in [6, 6.07) is 13.8. The molecule has 2 rings (SSSR count). The number of carbonyl (C=O) groups is 1. The molecule has 1 amide bonds. The van der Waals surface area contributed by atoms with Gasteiger partial charge in [-0.05, 0) is 36.5 Å². The lowest BCUT2D eigenvalue weighted by atomic mass is 10.2. The van der Waals surface area contributed by atoms with Crippen molar-refractivity contribution >= 4 is 35.0 Å². The van der Waals surface area contributed by atoms with E-state index in [0.717, 1.165) is 5.56 Å². The van der Waals surface area contributed by atoms with Crippen molar-refractivity contribution in [2.45, 2.75) is 0 Å². The van der Waals surface area contributed by atoms with Gasteiger partial charge in [0.05, 0.1) is 7.11 Å². The molecular weight excluding hydrogens is 312 g/mol. The zero-order valence-electron chi connectivity index (χ0n) is 12.4. The second kappa shape index (κ2) is 7.95. The van der Waals surface area contributed by atoms with Crippen molar-refractivity contribution < 1.29 is 14.6 Å². The molecule has 0 aliphatic carbocycles. The van der Waals surface area contributed by atoms with Crippen LogP contribution in [0.15, 0.2) is 54.6 Å². The molecule has 0 unspecified atom stereocenters. The van der Waals surface area contributed by atoms with Gasteiger partial charge >= 0.3 is 0 Å². The molecule has 0 saturated carbocycles. The largest absolute Gasteiger partial charge is 0.508 e. The maximum Gasteiger partial charge on any atom is 0.250 e. The number of phenolic OH excluding ortho intramolecular Hbond substituents is 1. The highest BCUT2D eigenvalue weighted by molar-refractivity contribution is 7.80. The van der Waals surface area contributed by atoms with Crippen molar-refractivity contribution in [2.24, 2.45) is 0 Å². The molecule has 118 valence electrons. The molecule has 0 fully saturated rings. The summed E-state index contributed by atoms with van der Waals surface area (Å²) in [4.78, 5) is 11.9. The van der Waals surface area contributed by atoms with Crippen molar-refractivity contribution in [1.82, 2.24) is 5.32 Å². The highest BCUT2D eigenvalue weighted by Crippen LogP contribution is 2.18. The number of thiocarbonyl (C=S) groups is 1. The minimum atomic E-state index is -0.367. The standard InChI is InChI=1S/C17H16N2O3S/c1-22-15-8-3-2-5-12(15)9-10-16(21)19-17(23)18-13-6-4-7-14(20)11-13/h2-11,20H,1H3,(H2,18,19,21,23). The van der Waals surface area contributed by atoms with Crippen LogP contribution in [0.2, 0.25) is 0 Å². The minimum Gasteiger partial charge on any atom is -0.508 e. The summed E-state index contributed by atoms with van der Waals surface area (Å²) in [5.74, 6) is 0.422. The lowest BCUT2D eigenvalue weighted by Gasteiger charge is -2.08. The topological polar surface area (TPSA) is 70.6 Å². The molecule has 0 bridgehead atoms. The molecule has 0 radical (unpaired) electrons. The Labute approximate surface area is 139 Å². The van der Waals surface area contributed by atoms with Gasteiger partial charge in [-0.1, -0.05) is 24.3 Å². The Bertz CT molecular complexity index is 744. The third-order valence-corrected chi connectivity index (χ3v) is 3.10. The Kier molecular flexibility index (Phi) is 5.71. The van der Waals surface area contributed by atoms with Crippen LogP contribution in [0, 0.1) is 0 Å². The van der Waals surface area contributed by atoms with Gasteiger partial charge in [-0.25, -0.2) is 0 Å². The van der Waals surface area contributed by atoms with E-state index >= 15 is 0 Å². The third kappa shape index (κ3) is 5.12. The van der Waals surface area contributed by atoms with E-state index in [1.165, 1.54) is 12.1 Å². The van der Waals surface area contributed by atoms with Gasteiger partial charge in [0.1, 0.15) is 11.5 Å². The number of phenols is 1. The average molecular weight is 328 g/mol. The molecule has 5 nitrogen and oxygen atoms in total. The van der Waals surface area contributed by atoms with Crippen LogP contribution in [-0.2, 0) is 4.79 Å². The second-order valence-electron chi connectivity index (χ2n) is 4.57. The molecule has 3 N–H and O–H groups in total. The Morgan fingerprint density at radius 2 is 2.00 bits per heavy atom. The number of para-hydroxylation sites is 1. The molecule has 23 heavy (non-hydrogen) atoms. The molecule has 0 aliphatic rings. The first-order chi connectivity index (χ1) is 11.1. The normalized spacial score (nSPS) is 10.3. The van der Waals surface area contributed by atoms with Gasteiger partial charge in [-0.2, -0.15) is 0 Å². The molecule has 0 atom stereocenters. The third-order valence-electron chi connectivity index (χ3n) is 2.89. The summed E-state index contributed by atoms with van der Waals surface area (Å²) in [5.41, 5.74) is 1.38. The zero-order chi connectivity index (χ0) is 16.7. The fraction of sp³-hybridized carbons (Fsp3) is 0.0588. The Balaban J connectivity index is 1.94. The van der Waals surface area contributed by atoms with Crippen LogP contribution in [0.5, 0.6) is 11.5 Å². The summed E-state index contributed by atoms with van der Waals surface area (Å²) < 4.78 is 5.20. The highest BCUT2D eigenvalue weighted by Gasteiger charge is 2.03. The number of aromatic hydroxyl groups is 1. The van der Waals surface area contributed by atoms with Crippen molar-refractivity contribution in [3.8, 4) is 11.5 Å². The van der Waals surface area contributed by atoms with Gasteiger partial charge in [0, 0.05) is 23.4 Å². The Morgan fingerprint density at radius 3 is 2.74 bits per heavy atom. The SMILES string of the molecule is COc1ccccc1C=CC(=O)NC(=S)Nc1cccc(O)c1. The van der Waals surface area contributed by atoms with Crippen LogP contribution in [-0.4, -0.2) is 23.2 Å². The minimum absolute atomic E-state index is 0.111. The number of nitrogens with one attached hydrogen (secondary N) is 2. The van der Waals surface area contributed by atoms with Gasteiger partial charge in [0.25, 0.3) is 0 Å². The van der Waals surface area contributed by atoms with Gasteiger partial charge in [-0.15, -0.1) is 0 Å². The van der Waals surface area contributed by atoms with E-state index in [1.807, 2.05) is 24.3 Å². The van der Waals surface area contributed by atoms with E-state index in [4.69, 9.17) is 17.0 Å². The maximum atomic E-state index is 11.9. The summed E-state index contributed by atoms with van der Waals surface area (Å²) in [7, 11) is 1.57. The lowest BCUT2D eigenvalue weighted by molar-refractivity contribution is -0.115. The first kappa shape index (κ1) is 16.5. The molecule has 0 saturated heterocycles. The van der Waals surface area contributed by atoms with Crippen molar-refractivity contribution in [3.05, 3.63) is 60.2 Å². The van der Waals surface area contributed by atoms with Crippen molar-refractivity contribution in [2.75, 3.05) is 12.4 Å². The molecule has 2 aromatic rings. The van der Waals surface area contributed by atoms with Gasteiger partial charge in [0.2, 0.25) is 5.91 Å². The van der Waals surface area contributed by atoms with Crippen LogP contribution in [0.25, 0.3) is 6.08 Å². The van der Waals surface area contributed by atoms with Crippen LogP contribution in [0.3, 0.4) is 0 Å². The summed E-state index contributed by atoms with van der Waals surface area (Å²) in [5, 5.41) is 14.9. The number of amides is 1. The van der Waals surface area contributed by atoms with E-state index < -0.39 is 0 Å². The second-order valence-corrected chi connectivity index (χ2v) is 4.98. The molecule has 2 aromatic carbocycles. The van der Waals surface area contributed by atoms with Crippen LogP contribution in [0.1, 0.15) is 5.56 Å².